The molecule has 0 amide bonds. The van der Waals surface area contributed by atoms with Crippen LogP contribution in [0, 0.1) is 8.98 Å². The van der Waals surface area contributed by atoms with Gasteiger partial charge in [0.1, 0.15) is 0 Å². The maximum absolute atomic E-state index is 7.58. The van der Waals surface area contributed by atoms with Crippen molar-refractivity contribution in [2.45, 2.75) is 6.92 Å². The molecular weight excluding hydrogens is 281 g/mol. The number of fused-ring (bicyclic) bond motifs is 1. The average molecular weight is 291 g/mol. The number of benzene rings is 1. The van der Waals surface area contributed by atoms with Crippen molar-refractivity contribution in [3.05, 3.63) is 33.4 Å². The predicted molar refractivity (Wildman–Crippen MR) is 58.7 cm³/mol. The normalized spacial score (nSPS) is 17.0. The molecule has 2 rings (SSSR count). The zero-order valence-corrected chi connectivity index (χ0v) is 9.37. The molecule has 70 valence electrons. The van der Waals surface area contributed by atoms with Crippen LogP contribution in [0.1, 0.15) is 12.5 Å². The first kappa shape index (κ1) is 8.96. The van der Waals surface area contributed by atoms with E-state index >= 15 is 0 Å². The molecule has 1 heterocycles. The van der Waals surface area contributed by atoms with Crippen LogP contribution in [-0.4, -0.2) is 12.5 Å². The van der Waals surface area contributed by atoms with Crippen molar-refractivity contribution in [2.75, 3.05) is 6.61 Å². The van der Waals surface area contributed by atoms with E-state index in [1.807, 2.05) is 31.2 Å². The van der Waals surface area contributed by atoms with E-state index in [4.69, 9.17) is 11.5 Å². The third kappa shape index (κ3) is 1.55. The Labute approximate surface area is 85.0 Å². The van der Waals surface area contributed by atoms with E-state index in [1.165, 1.54) is 0 Å². The molecule has 0 fully saturated rings. The number of hydrogen-bond acceptors (Lipinski definition) is 3. The van der Waals surface area contributed by atoms with Gasteiger partial charge in [0.05, 0.1) is 0 Å². The van der Waals surface area contributed by atoms with Gasteiger partial charge < -0.3 is 0 Å². The second kappa shape index (κ2) is 3.63. The SMILES string of the molecule is CCOI1OC(=N)c2ccccc21. The first-order valence-corrected chi connectivity index (χ1v) is 6.87. The van der Waals surface area contributed by atoms with Gasteiger partial charge >= 0.3 is 85.0 Å². The van der Waals surface area contributed by atoms with Crippen LogP contribution < -0.4 is 0 Å². The second-order valence-corrected chi connectivity index (χ2v) is 5.97. The Kier molecular flexibility index (Phi) is 2.50. The van der Waals surface area contributed by atoms with Gasteiger partial charge in [-0.15, -0.1) is 0 Å². The number of hydrogen-bond donors (Lipinski definition) is 1. The Morgan fingerprint density at radius 3 is 3.00 bits per heavy atom. The molecule has 1 N–H and O–H groups in total. The van der Waals surface area contributed by atoms with Crippen molar-refractivity contribution in [1.29, 1.82) is 5.41 Å². The van der Waals surface area contributed by atoms with Gasteiger partial charge in [0.2, 0.25) is 0 Å². The second-order valence-electron chi connectivity index (χ2n) is 2.50. The molecule has 4 heteroatoms. The van der Waals surface area contributed by atoms with Gasteiger partial charge in [-0.2, -0.15) is 0 Å². The molecule has 1 aliphatic heterocycles. The van der Waals surface area contributed by atoms with Gasteiger partial charge in [0.25, 0.3) is 0 Å². The molecule has 0 atom stereocenters. The van der Waals surface area contributed by atoms with Crippen molar-refractivity contribution >= 4 is 26.5 Å². The fourth-order valence-corrected chi connectivity index (χ4v) is 4.42. The van der Waals surface area contributed by atoms with Crippen LogP contribution in [0.4, 0.5) is 0 Å². The topological polar surface area (TPSA) is 42.3 Å². The van der Waals surface area contributed by atoms with Crippen molar-refractivity contribution in [3.63, 3.8) is 0 Å². The van der Waals surface area contributed by atoms with Crippen LogP contribution in [0.3, 0.4) is 0 Å². The molecule has 1 aromatic carbocycles. The van der Waals surface area contributed by atoms with Crippen LogP contribution in [0.15, 0.2) is 24.3 Å². The quantitative estimate of drug-likeness (QED) is 0.851. The summed E-state index contributed by atoms with van der Waals surface area (Å²) in [5, 5.41) is 7.58. The molecule has 0 saturated carbocycles. The van der Waals surface area contributed by atoms with Crippen LogP contribution in [0.2, 0.25) is 0 Å². The molecule has 0 aliphatic carbocycles. The summed E-state index contributed by atoms with van der Waals surface area (Å²) in [4.78, 5) is 0. The van der Waals surface area contributed by atoms with Crippen molar-refractivity contribution < 1.29 is 6.13 Å². The van der Waals surface area contributed by atoms with E-state index in [9.17, 15) is 0 Å². The average Bonchev–Trinajstić information content (AvgIpc) is 2.46. The minimum atomic E-state index is -1.94. The summed E-state index contributed by atoms with van der Waals surface area (Å²) in [5.74, 6) is 0.272. The van der Waals surface area contributed by atoms with Gasteiger partial charge in [-0.1, -0.05) is 0 Å². The Morgan fingerprint density at radius 2 is 2.23 bits per heavy atom. The first-order chi connectivity index (χ1) is 6.33. The van der Waals surface area contributed by atoms with E-state index < -0.39 is 20.6 Å². The first-order valence-electron chi connectivity index (χ1n) is 4.02. The molecule has 1 aliphatic rings. The molecule has 0 bridgehead atoms. The van der Waals surface area contributed by atoms with Gasteiger partial charge in [-0.3, -0.25) is 0 Å². The van der Waals surface area contributed by atoms with Crippen molar-refractivity contribution in [1.82, 2.24) is 0 Å². The van der Waals surface area contributed by atoms with Crippen molar-refractivity contribution in [3.8, 4) is 0 Å². The summed E-state index contributed by atoms with van der Waals surface area (Å²) < 4.78 is 12.0. The van der Waals surface area contributed by atoms with E-state index in [-0.39, 0.29) is 5.90 Å². The van der Waals surface area contributed by atoms with Gasteiger partial charge in [0, 0.05) is 0 Å². The fraction of sp³-hybridized carbons (Fsp3) is 0.222. The summed E-state index contributed by atoms with van der Waals surface area (Å²) in [6, 6.07) is 7.79. The number of nitrogens with one attached hydrogen (secondary N) is 1. The Morgan fingerprint density at radius 1 is 1.46 bits per heavy atom. The Bertz CT molecular complexity index is 340. The van der Waals surface area contributed by atoms with E-state index in [0.717, 1.165) is 9.13 Å². The third-order valence-electron chi connectivity index (χ3n) is 1.64. The molecule has 3 nitrogen and oxygen atoms in total. The summed E-state index contributed by atoms with van der Waals surface area (Å²) in [6.07, 6.45) is 0. The summed E-state index contributed by atoms with van der Waals surface area (Å²) in [7, 11) is 0. The minimum absolute atomic E-state index is 0.272. The molecule has 0 unspecified atom stereocenters. The van der Waals surface area contributed by atoms with Gasteiger partial charge in [-0.05, 0) is 0 Å². The molecule has 0 aromatic heterocycles. The van der Waals surface area contributed by atoms with E-state index in [0.29, 0.717) is 6.61 Å². The Balaban J connectivity index is 2.36. The molecule has 0 saturated heterocycles. The summed E-state index contributed by atoms with van der Waals surface area (Å²) >= 11 is -1.94. The fourth-order valence-electron chi connectivity index (χ4n) is 1.11. The van der Waals surface area contributed by atoms with E-state index in [2.05, 4.69) is 0 Å². The third-order valence-corrected chi connectivity index (χ3v) is 5.56. The van der Waals surface area contributed by atoms with Gasteiger partial charge in [0.15, 0.2) is 0 Å². The van der Waals surface area contributed by atoms with E-state index in [1.54, 1.807) is 0 Å². The molecule has 1 aromatic rings. The molecular formula is C9H10INO2. The molecule has 13 heavy (non-hydrogen) atoms. The Hall–Kier alpha value is -0.620. The summed E-state index contributed by atoms with van der Waals surface area (Å²) in [5.41, 5.74) is 0.904. The zero-order valence-electron chi connectivity index (χ0n) is 7.21. The maximum atomic E-state index is 7.58. The van der Waals surface area contributed by atoms with Crippen molar-refractivity contribution in [2.24, 2.45) is 0 Å². The summed E-state index contributed by atoms with van der Waals surface area (Å²) in [6.45, 7) is 2.61. The van der Waals surface area contributed by atoms with Crippen LogP contribution in [0.5, 0.6) is 0 Å². The monoisotopic (exact) mass is 291 g/mol. The van der Waals surface area contributed by atoms with Crippen LogP contribution >= 0.6 is 20.6 Å². The van der Waals surface area contributed by atoms with Crippen LogP contribution in [0.25, 0.3) is 0 Å². The number of rotatable bonds is 2. The standard InChI is InChI=1S/C9H10INO2/c1-2-12-10-8-6-4-3-5-7(8)9(11)13-10/h3-6,11H,2H2,1H3. The molecule has 0 radical (unpaired) electrons. The number of halogens is 1. The zero-order chi connectivity index (χ0) is 9.26. The van der Waals surface area contributed by atoms with Crippen LogP contribution in [-0.2, 0) is 6.13 Å². The predicted octanol–water partition coefficient (Wildman–Crippen LogP) is 2.58. The van der Waals surface area contributed by atoms with Gasteiger partial charge in [-0.25, -0.2) is 0 Å². The molecule has 0 spiro atoms.